The van der Waals surface area contributed by atoms with Crippen LogP contribution in [0.4, 0.5) is 101 Å². The van der Waals surface area contributed by atoms with Crippen LogP contribution < -0.4 is 14.8 Å². The van der Waals surface area contributed by atoms with Crippen LogP contribution >= 0.6 is 0 Å². The topological polar surface area (TPSA) is 18.5 Å². The van der Waals surface area contributed by atoms with Crippen molar-refractivity contribution in [3.05, 3.63) is 134 Å². The number of rotatable bonds is 5. The van der Waals surface area contributed by atoms with Crippen LogP contribution in [0.25, 0.3) is 53.9 Å². The third-order valence-corrected chi connectivity index (χ3v) is 9.54. The zero-order chi connectivity index (χ0) is 45.8. The molecular formula is C36BF23O2. The second-order valence-corrected chi connectivity index (χ2v) is 12.6. The van der Waals surface area contributed by atoms with E-state index in [9.17, 15) is 48.3 Å². The summed E-state index contributed by atoms with van der Waals surface area (Å²) in [7, 11) is -4.33. The van der Waals surface area contributed by atoms with E-state index in [4.69, 9.17) is 0 Å². The molecule has 0 fully saturated rings. The molecule has 2 nitrogen and oxygen atoms in total. The van der Waals surface area contributed by atoms with Gasteiger partial charge in [-0.05, 0) is 0 Å². The lowest BCUT2D eigenvalue weighted by molar-refractivity contribution is 0.369. The number of hydrogen-bond acceptors (Lipinski definition) is 2. The lowest BCUT2D eigenvalue weighted by atomic mass is 9.72. The molecular weight excluding hydrogens is 912 g/mol. The monoisotopic (exact) mass is 912 g/mol. The highest BCUT2D eigenvalue weighted by atomic mass is 19.2. The SMILES string of the molecule is Fc1c(F)c(F)c2c(OB(Oc3c(F)c(F)c(F)c4c(F)c(F)c(F)c(F)c34)c3c(F)c(F)c4c(F)c(F)c5c(F)c(F)c(F)c6c(F)c(F)c3c4c56)c(F)c(F)c(F)c2c1F. The zero-order valence-corrected chi connectivity index (χ0v) is 28.1. The first-order valence-electron chi connectivity index (χ1n) is 15.8. The van der Waals surface area contributed by atoms with Gasteiger partial charge in [-0.15, -0.1) is 0 Å². The Labute approximate surface area is 322 Å². The molecule has 26 heteroatoms. The van der Waals surface area contributed by atoms with E-state index >= 15 is 52.7 Å². The maximum atomic E-state index is 16.4. The summed E-state index contributed by atoms with van der Waals surface area (Å²) in [5.41, 5.74) is -2.69. The Kier molecular flexibility index (Phi) is 9.29. The number of benzene rings is 8. The zero-order valence-electron chi connectivity index (χ0n) is 28.1. The first-order valence-corrected chi connectivity index (χ1v) is 15.8. The average Bonchev–Trinajstić information content (AvgIpc) is 3.23. The van der Waals surface area contributed by atoms with Gasteiger partial charge < -0.3 is 9.31 Å². The molecule has 0 bridgehead atoms. The molecule has 0 atom stereocenters. The van der Waals surface area contributed by atoms with Crippen molar-refractivity contribution in [3.63, 3.8) is 0 Å². The Hall–Kier alpha value is -6.63. The van der Waals surface area contributed by atoms with Crippen LogP contribution in [0.15, 0.2) is 0 Å². The first-order chi connectivity index (χ1) is 28.9. The van der Waals surface area contributed by atoms with Gasteiger partial charge in [0.2, 0.25) is 11.6 Å². The van der Waals surface area contributed by atoms with Gasteiger partial charge in [0.15, 0.2) is 134 Å². The fourth-order valence-corrected chi connectivity index (χ4v) is 6.88. The highest BCUT2D eigenvalue weighted by Gasteiger charge is 2.45. The van der Waals surface area contributed by atoms with Gasteiger partial charge in [0.05, 0.1) is 43.2 Å². The Bertz CT molecular complexity index is 3250. The molecule has 8 aromatic carbocycles. The Morgan fingerprint density at radius 1 is 0.177 bits per heavy atom. The van der Waals surface area contributed by atoms with E-state index < -0.39 is 212 Å². The van der Waals surface area contributed by atoms with E-state index in [0.717, 1.165) is 0 Å². The van der Waals surface area contributed by atoms with Crippen LogP contribution in [0.1, 0.15) is 0 Å². The van der Waals surface area contributed by atoms with Crippen molar-refractivity contribution in [2.24, 2.45) is 0 Å². The van der Waals surface area contributed by atoms with Gasteiger partial charge in [0, 0.05) is 16.2 Å². The Morgan fingerprint density at radius 2 is 0.371 bits per heavy atom. The van der Waals surface area contributed by atoms with Crippen LogP contribution in [0.2, 0.25) is 0 Å². The van der Waals surface area contributed by atoms with Crippen LogP contribution in [0.3, 0.4) is 0 Å². The van der Waals surface area contributed by atoms with Crippen LogP contribution in [0.5, 0.6) is 11.5 Å². The van der Waals surface area contributed by atoms with Crippen molar-refractivity contribution in [2.45, 2.75) is 0 Å². The lowest BCUT2D eigenvalue weighted by Gasteiger charge is -2.24. The molecule has 0 saturated carbocycles. The average molecular weight is 912 g/mol. The minimum atomic E-state index is -4.33. The van der Waals surface area contributed by atoms with Gasteiger partial charge in [-0.2, -0.15) is 8.78 Å². The standard InChI is InChI=1S/C36BF23O2/c38-12-3-1-2-5(13(12)39)17(43)26(52)18(44)6(2)15(41)14(40)4(1)16(42)25(51)11(3)37(61-35-9-7(21(47)31(57)33(35)59)19(45)27(53)29(55)23(9)49)62-36-10-8(22(48)32(58)34(36)60)20(46)28(54)30(56)24(10)50. The van der Waals surface area contributed by atoms with Crippen molar-refractivity contribution in [1.82, 2.24) is 0 Å². The summed E-state index contributed by atoms with van der Waals surface area (Å²) in [6, 6.07) is 0. The summed E-state index contributed by atoms with van der Waals surface area (Å²) in [4.78, 5) is 0. The summed E-state index contributed by atoms with van der Waals surface area (Å²) in [5.74, 6) is -74.9. The van der Waals surface area contributed by atoms with E-state index in [1.165, 1.54) is 0 Å². The third kappa shape index (κ3) is 5.10. The lowest BCUT2D eigenvalue weighted by Crippen LogP contribution is -2.46. The van der Waals surface area contributed by atoms with Gasteiger partial charge >= 0.3 is 7.12 Å². The first kappa shape index (κ1) is 42.1. The minimum Gasteiger partial charge on any atom is -0.519 e. The van der Waals surface area contributed by atoms with E-state index in [2.05, 4.69) is 9.31 Å². The maximum absolute atomic E-state index is 16.4. The second-order valence-electron chi connectivity index (χ2n) is 12.6. The summed E-state index contributed by atoms with van der Waals surface area (Å²) < 4.78 is 358. The molecule has 8 rings (SSSR count). The molecule has 0 heterocycles. The predicted octanol–water partition coefficient (Wildman–Crippen LogP) is 11.9. The molecule has 320 valence electrons. The third-order valence-electron chi connectivity index (χ3n) is 9.54. The molecule has 0 aliphatic heterocycles. The summed E-state index contributed by atoms with van der Waals surface area (Å²) in [5, 5.41) is -23.6. The molecule has 0 aromatic heterocycles. The van der Waals surface area contributed by atoms with Gasteiger partial charge in [-0.3, -0.25) is 0 Å². The molecule has 0 saturated heterocycles. The van der Waals surface area contributed by atoms with Crippen molar-refractivity contribution < 1.29 is 110 Å². The van der Waals surface area contributed by atoms with Gasteiger partial charge in [-0.1, -0.05) is 0 Å². The molecule has 0 aliphatic carbocycles. The summed E-state index contributed by atoms with van der Waals surface area (Å²) in [6.07, 6.45) is 0. The number of halogens is 23. The molecule has 0 amide bonds. The van der Waals surface area contributed by atoms with Crippen LogP contribution in [-0.2, 0) is 0 Å². The van der Waals surface area contributed by atoms with Crippen LogP contribution in [0, 0.1) is 134 Å². The van der Waals surface area contributed by atoms with Crippen molar-refractivity contribution in [2.75, 3.05) is 0 Å². The van der Waals surface area contributed by atoms with Crippen LogP contribution in [-0.4, -0.2) is 7.12 Å². The van der Waals surface area contributed by atoms with Gasteiger partial charge in [-0.25, -0.2) is 92.2 Å². The fraction of sp³-hybridized carbons (Fsp3) is 0. The normalized spacial score (nSPS) is 12.1. The number of hydrogen-bond donors (Lipinski definition) is 0. The van der Waals surface area contributed by atoms with E-state index in [-0.39, 0.29) is 0 Å². The molecule has 0 radical (unpaired) electrons. The Balaban J connectivity index is 1.62. The van der Waals surface area contributed by atoms with Gasteiger partial charge in [0.25, 0.3) is 0 Å². The summed E-state index contributed by atoms with van der Waals surface area (Å²) >= 11 is 0. The number of fused-ring (bicyclic) bond motifs is 2. The maximum Gasteiger partial charge on any atom is 0.636 e. The van der Waals surface area contributed by atoms with Crippen molar-refractivity contribution in [3.8, 4) is 11.5 Å². The highest BCUT2D eigenvalue weighted by Crippen LogP contribution is 2.47. The fourth-order valence-electron chi connectivity index (χ4n) is 6.88. The predicted molar refractivity (Wildman–Crippen MR) is 164 cm³/mol. The quantitative estimate of drug-likeness (QED) is 0.0563. The van der Waals surface area contributed by atoms with E-state index in [1.54, 1.807) is 0 Å². The molecule has 0 N–H and O–H groups in total. The summed E-state index contributed by atoms with van der Waals surface area (Å²) in [6.45, 7) is 0. The minimum absolute atomic E-state index is 2.01. The molecule has 0 unspecified atom stereocenters. The molecule has 0 spiro atoms. The van der Waals surface area contributed by atoms with Crippen molar-refractivity contribution >= 4 is 66.4 Å². The molecule has 62 heavy (non-hydrogen) atoms. The van der Waals surface area contributed by atoms with E-state index in [1.807, 2.05) is 0 Å². The van der Waals surface area contributed by atoms with Gasteiger partial charge in [0.1, 0.15) is 0 Å². The van der Waals surface area contributed by atoms with E-state index in [0.29, 0.717) is 0 Å². The molecule has 0 aliphatic rings. The highest BCUT2D eigenvalue weighted by molar-refractivity contribution is 6.66. The smallest absolute Gasteiger partial charge is 0.519 e. The van der Waals surface area contributed by atoms with Crippen molar-refractivity contribution in [1.29, 1.82) is 0 Å². The second kappa shape index (κ2) is 13.7. The Morgan fingerprint density at radius 3 is 0.694 bits per heavy atom. The largest absolute Gasteiger partial charge is 0.636 e. The molecule has 8 aromatic rings.